The quantitative estimate of drug-likeness (QED) is 0.620. The van der Waals surface area contributed by atoms with Crippen molar-refractivity contribution in [3.8, 4) is 17.7 Å². The molecule has 0 saturated carbocycles. The first-order chi connectivity index (χ1) is 16.8. The van der Waals surface area contributed by atoms with Crippen LogP contribution in [0.1, 0.15) is 55.1 Å². The van der Waals surface area contributed by atoms with Gasteiger partial charge in [-0.15, -0.1) is 0 Å². The Balaban J connectivity index is 1.87. The summed E-state index contributed by atoms with van der Waals surface area (Å²) in [4.78, 5) is 34.1. The van der Waals surface area contributed by atoms with E-state index in [0.29, 0.717) is 30.6 Å². The molecule has 2 heterocycles. The van der Waals surface area contributed by atoms with E-state index in [1.165, 1.54) is 0 Å². The maximum absolute atomic E-state index is 13.4. The lowest BCUT2D eigenvalue weighted by molar-refractivity contribution is -0.130. The van der Waals surface area contributed by atoms with Crippen LogP contribution in [0.15, 0.2) is 42.6 Å². The zero-order valence-corrected chi connectivity index (χ0v) is 21.0. The van der Waals surface area contributed by atoms with E-state index in [1.807, 2.05) is 44.2 Å². The van der Waals surface area contributed by atoms with Crippen LogP contribution in [-0.2, 0) is 11.2 Å². The molecular formula is C28H35N3O4. The Hall–Kier alpha value is -3.37. The number of rotatable bonds is 7. The molecule has 1 N–H and O–H groups in total. The number of carbonyl (C=O) groups excluding carboxylic acids is 2. The molecule has 0 fully saturated rings. The van der Waals surface area contributed by atoms with Crippen molar-refractivity contribution in [3.63, 3.8) is 0 Å². The van der Waals surface area contributed by atoms with Gasteiger partial charge in [-0.1, -0.05) is 56.0 Å². The molecule has 7 heteroatoms. The largest absolute Gasteiger partial charge is 0.472 e. The second-order valence-corrected chi connectivity index (χ2v) is 9.19. The summed E-state index contributed by atoms with van der Waals surface area (Å²) >= 11 is 0. The summed E-state index contributed by atoms with van der Waals surface area (Å²) in [6.07, 6.45) is 3.25. The molecule has 1 aliphatic heterocycles. The molecule has 7 nitrogen and oxygen atoms in total. The Bertz CT molecular complexity index is 1080. The molecule has 3 rings (SSSR count). The van der Waals surface area contributed by atoms with E-state index in [0.717, 1.165) is 18.4 Å². The van der Waals surface area contributed by atoms with Gasteiger partial charge in [-0.05, 0) is 25.0 Å². The molecule has 0 aliphatic carbocycles. The van der Waals surface area contributed by atoms with Crippen LogP contribution in [0, 0.1) is 17.8 Å². The standard InChI is InChI=1S/C28H35N3O4/c1-5-6-8-13-23-14-24-27(29-16-23)35-25(20(2)17-31(28(24)34)21(3)19-32)18-30(4)26(33)15-22-11-9-7-10-12-22/h7,9-12,14,16,20-21,25,32H,5-6,15,17-19H2,1-4H3/t20-,21-,25-/m1/s1. The highest BCUT2D eigenvalue weighted by Gasteiger charge is 2.34. The number of aromatic nitrogens is 1. The van der Waals surface area contributed by atoms with Crippen LogP contribution < -0.4 is 4.74 Å². The normalized spacial score (nSPS) is 18.3. The molecule has 2 aromatic rings. The van der Waals surface area contributed by atoms with Gasteiger partial charge in [-0.25, -0.2) is 4.98 Å². The Morgan fingerprint density at radius 3 is 2.77 bits per heavy atom. The van der Waals surface area contributed by atoms with Gasteiger partial charge in [0.05, 0.1) is 25.6 Å². The molecule has 0 unspecified atom stereocenters. The van der Waals surface area contributed by atoms with Gasteiger partial charge in [-0.2, -0.15) is 0 Å². The molecular weight excluding hydrogens is 442 g/mol. The number of aliphatic hydroxyl groups excluding tert-OH is 1. The number of benzene rings is 1. The van der Waals surface area contributed by atoms with Crippen LogP contribution in [-0.4, -0.2) is 70.6 Å². The van der Waals surface area contributed by atoms with Gasteiger partial charge in [0.15, 0.2) is 0 Å². The molecule has 1 aliphatic rings. The van der Waals surface area contributed by atoms with Crippen LogP contribution in [0.25, 0.3) is 0 Å². The fourth-order valence-corrected chi connectivity index (χ4v) is 3.96. The summed E-state index contributed by atoms with van der Waals surface area (Å²) in [7, 11) is 1.76. The van der Waals surface area contributed by atoms with Crippen molar-refractivity contribution >= 4 is 11.8 Å². The van der Waals surface area contributed by atoms with E-state index < -0.39 is 0 Å². The molecule has 0 radical (unpaired) electrons. The van der Waals surface area contributed by atoms with Gasteiger partial charge < -0.3 is 19.6 Å². The maximum atomic E-state index is 13.4. The number of fused-ring (bicyclic) bond motifs is 1. The van der Waals surface area contributed by atoms with Crippen molar-refractivity contribution in [1.82, 2.24) is 14.8 Å². The SMILES string of the molecule is CCCC#Cc1cnc2c(c1)C(=O)N([C@H](C)CO)C[C@@H](C)[C@@H](CN(C)C(=O)Cc1ccccc1)O2. The van der Waals surface area contributed by atoms with E-state index in [4.69, 9.17) is 4.74 Å². The first-order valence-electron chi connectivity index (χ1n) is 12.2. The first kappa shape index (κ1) is 26.2. The number of unbranched alkanes of at least 4 members (excludes halogenated alkanes) is 1. The average molecular weight is 478 g/mol. The van der Waals surface area contributed by atoms with Gasteiger partial charge in [0.2, 0.25) is 11.8 Å². The monoisotopic (exact) mass is 477 g/mol. The van der Waals surface area contributed by atoms with Crippen molar-refractivity contribution in [2.45, 2.75) is 52.2 Å². The third kappa shape index (κ3) is 6.83. The Labute approximate surface area is 208 Å². The highest BCUT2D eigenvalue weighted by Crippen LogP contribution is 2.27. The number of ether oxygens (including phenoxy) is 1. The van der Waals surface area contributed by atoms with E-state index >= 15 is 0 Å². The fourth-order valence-electron chi connectivity index (χ4n) is 3.96. The number of hydrogen-bond acceptors (Lipinski definition) is 5. The van der Waals surface area contributed by atoms with Gasteiger partial charge in [-0.3, -0.25) is 9.59 Å². The first-order valence-corrected chi connectivity index (χ1v) is 12.2. The molecule has 0 saturated heterocycles. The summed E-state index contributed by atoms with van der Waals surface area (Å²) in [5, 5.41) is 9.81. The minimum atomic E-state index is -0.385. The average Bonchev–Trinajstić information content (AvgIpc) is 2.86. The second-order valence-electron chi connectivity index (χ2n) is 9.19. The Morgan fingerprint density at radius 2 is 2.09 bits per heavy atom. The minimum Gasteiger partial charge on any atom is -0.472 e. The van der Waals surface area contributed by atoms with Gasteiger partial charge in [0, 0.05) is 37.7 Å². The van der Waals surface area contributed by atoms with Crippen LogP contribution in [0.3, 0.4) is 0 Å². The highest BCUT2D eigenvalue weighted by atomic mass is 16.5. The minimum absolute atomic E-state index is 0.0135. The van der Waals surface area contributed by atoms with Gasteiger partial charge in [0.1, 0.15) is 11.7 Å². The van der Waals surface area contributed by atoms with E-state index in [2.05, 4.69) is 23.7 Å². The van der Waals surface area contributed by atoms with Crippen molar-refractivity contribution in [2.75, 3.05) is 26.7 Å². The number of carbonyl (C=O) groups is 2. The molecule has 2 amide bonds. The lowest BCUT2D eigenvalue weighted by Gasteiger charge is -2.37. The molecule has 0 bridgehead atoms. The van der Waals surface area contributed by atoms with Crippen molar-refractivity contribution in [3.05, 3.63) is 59.3 Å². The number of pyridine rings is 1. The van der Waals surface area contributed by atoms with E-state index in [1.54, 1.807) is 29.1 Å². The fraction of sp³-hybridized carbons (Fsp3) is 0.464. The van der Waals surface area contributed by atoms with Crippen LogP contribution in [0.2, 0.25) is 0 Å². The Morgan fingerprint density at radius 1 is 1.34 bits per heavy atom. The third-order valence-electron chi connectivity index (χ3n) is 6.21. The van der Waals surface area contributed by atoms with Crippen molar-refractivity contribution < 1.29 is 19.4 Å². The van der Waals surface area contributed by atoms with Crippen molar-refractivity contribution in [2.24, 2.45) is 5.92 Å². The summed E-state index contributed by atoms with van der Waals surface area (Å²) in [5.74, 6) is 6.01. The van der Waals surface area contributed by atoms with Crippen LogP contribution >= 0.6 is 0 Å². The topological polar surface area (TPSA) is 83.0 Å². The molecule has 186 valence electrons. The zero-order valence-electron chi connectivity index (χ0n) is 21.0. The zero-order chi connectivity index (χ0) is 25.4. The molecule has 1 aromatic heterocycles. The number of likely N-dealkylation sites (N-methyl/N-ethyl adjacent to an activating group) is 1. The summed E-state index contributed by atoms with van der Waals surface area (Å²) in [6.45, 7) is 6.44. The number of nitrogens with zero attached hydrogens (tertiary/aromatic N) is 3. The van der Waals surface area contributed by atoms with E-state index in [-0.39, 0.29) is 42.4 Å². The van der Waals surface area contributed by atoms with Crippen LogP contribution in [0.5, 0.6) is 5.88 Å². The Kier molecular flexibility index (Phi) is 9.27. The van der Waals surface area contributed by atoms with Crippen LogP contribution in [0.4, 0.5) is 0 Å². The number of hydrogen-bond donors (Lipinski definition) is 1. The molecule has 35 heavy (non-hydrogen) atoms. The highest BCUT2D eigenvalue weighted by molar-refractivity contribution is 5.97. The molecule has 0 spiro atoms. The predicted molar refractivity (Wildman–Crippen MR) is 135 cm³/mol. The number of aliphatic hydroxyl groups is 1. The summed E-state index contributed by atoms with van der Waals surface area (Å²) in [6, 6.07) is 11.0. The van der Waals surface area contributed by atoms with E-state index in [9.17, 15) is 14.7 Å². The van der Waals surface area contributed by atoms with Crippen molar-refractivity contribution in [1.29, 1.82) is 0 Å². The lowest BCUT2D eigenvalue weighted by atomic mass is 9.99. The third-order valence-corrected chi connectivity index (χ3v) is 6.21. The summed E-state index contributed by atoms with van der Waals surface area (Å²) < 4.78 is 6.27. The smallest absolute Gasteiger partial charge is 0.259 e. The molecule has 3 atom stereocenters. The second kappa shape index (κ2) is 12.4. The molecule has 1 aromatic carbocycles. The van der Waals surface area contributed by atoms with Gasteiger partial charge in [0.25, 0.3) is 5.91 Å². The predicted octanol–water partition coefficient (Wildman–Crippen LogP) is 3.15. The maximum Gasteiger partial charge on any atom is 0.259 e. The summed E-state index contributed by atoms with van der Waals surface area (Å²) in [5.41, 5.74) is 1.92. The lowest BCUT2D eigenvalue weighted by Crippen LogP contribution is -2.50. The number of amides is 2. The van der Waals surface area contributed by atoms with Gasteiger partial charge >= 0.3 is 0 Å².